The first kappa shape index (κ1) is 13.0. The largest absolute Gasteiger partial charge is 0.461 e. The molecule has 0 saturated heterocycles. The maximum atomic E-state index is 12.1. The fourth-order valence-corrected chi connectivity index (χ4v) is 1.77. The molecule has 1 aromatic heterocycles. The van der Waals surface area contributed by atoms with Crippen molar-refractivity contribution in [2.75, 3.05) is 7.11 Å². The lowest BCUT2D eigenvalue weighted by molar-refractivity contribution is -0.685. The van der Waals surface area contributed by atoms with Gasteiger partial charge in [0.05, 0.1) is 7.11 Å². The van der Waals surface area contributed by atoms with Gasteiger partial charge in [0.1, 0.15) is 0 Å². The Morgan fingerprint density at radius 1 is 1.05 bits per heavy atom. The van der Waals surface area contributed by atoms with Crippen LogP contribution in [0.2, 0.25) is 0 Å². The van der Waals surface area contributed by atoms with Gasteiger partial charge < -0.3 is 4.74 Å². The van der Waals surface area contributed by atoms with Crippen molar-refractivity contribution in [3.8, 4) is 0 Å². The Morgan fingerprint density at radius 3 is 2.42 bits per heavy atom. The van der Waals surface area contributed by atoms with E-state index in [1.165, 1.54) is 7.11 Å². The molecular formula is C15H14NO3+. The van der Waals surface area contributed by atoms with Crippen LogP contribution in [0.5, 0.6) is 0 Å². The number of benzene rings is 1. The van der Waals surface area contributed by atoms with E-state index >= 15 is 0 Å². The molecular weight excluding hydrogens is 242 g/mol. The second-order valence-corrected chi connectivity index (χ2v) is 3.99. The number of rotatable bonds is 4. The van der Waals surface area contributed by atoms with Crippen molar-refractivity contribution < 1.29 is 18.9 Å². The van der Waals surface area contributed by atoms with Crippen molar-refractivity contribution in [3.63, 3.8) is 0 Å². The normalized spacial score (nSPS) is 9.95. The predicted molar refractivity (Wildman–Crippen MR) is 68.7 cm³/mol. The average molecular weight is 256 g/mol. The number of hydrogen-bond acceptors (Lipinski definition) is 3. The number of methoxy groups -OCH3 is 1. The van der Waals surface area contributed by atoms with Crippen molar-refractivity contribution in [2.24, 2.45) is 0 Å². The molecule has 0 spiro atoms. The number of aromatic nitrogens is 1. The van der Waals surface area contributed by atoms with Gasteiger partial charge in [-0.2, -0.15) is 4.57 Å². The molecule has 1 heterocycles. The van der Waals surface area contributed by atoms with Crippen molar-refractivity contribution in [2.45, 2.75) is 6.54 Å². The van der Waals surface area contributed by atoms with Crippen LogP contribution in [0.15, 0.2) is 54.7 Å². The number of ketones is 1. The van der Waals surface area contributed by atoms with Crippen molar-refractivity contribution in [1.29, 1.82) is 0 Å². The van der Waals surface area contributed by atoms with Crippen LogP contribution < -0.4 is 4.57 Å². The lowest BCUT2D eigenvalue weighted by Gasteiger charge is -2.02. The Hall–Kier alpha value is -2.49. The molecule has 1 aromatic carbocycles. The van der Waals surface area contributed by atoms with Crippen LogP contribution in [0.25, 0.3) is 0 Å². The smallest absolute Gasteiger partial charge is 0.403 e. The van der Waals surface area contributed by atoms with E-state index in [1.54, 1.807) is 41.1 Å². The molecule has 0 bridgehead atoms. The van der Waals surface area contributed by atoms with Gasteiger partial charge in [-0.3, -0.25) is 4.79 Å². The molecule has 96 valence electrons. The number of Topliss-reactive ketones (excluding diaryl/α,β-unsaturated/α-hetero) is 1. The zero-order valence-corrected chi connectivity index (χ0v) is 10.6. The van der Waals surface area contributed by atoms with Crippen LogP contribution in [0.1, 0.15) is 20.8 Å². The summed E-state index contributed by atoms with van der Waals surface area (Å²) in [5.74, 6) is -0.511. The monoisotopic (exact) mass is 256 g/mol. The summed E-state index contributed by atoms with van der Waals surface area (Å²) >= 11 is 0. The third-order valence-corrected chi connectivity index (χ3v) is 2.74. The van der Waals surface area contributed by atoms with E-state index in [-0.39, 0.29) is 12.3 Å². The molecule has 19 heavy (non-hydrogen) atoms. The minimum atomic E-state index is -0.457. The van der Waals surface area contributed by atoms with Crippen LogP contribution >= 0.6 is 0 Å². The Morgan fingerprint density at radius 2 is 1.74 bits per heavy atom. The van der Waals surface area contributed by atoms with Gasteiger partial charge in [-0.25, -0.2) is 4.79 Å². The SMILES string of the molecule is COC(=O)c1cccc[n+]1CC(=O)c1ccccc1. The molecule has 0 N–H and O–H groups in total. The van der Waals surface area contributed by atoms with E-state index < -0.39 is 5.97 Å². The number of nitrogens with zero attached hydrogens (tertiary/aromatic N) is 1. The van der Waals surface area contributed by atoms with E-state index in [2.05, 4.69) is 0 Å². The van der Waals surface area contributed by atoms with Crippen LogP contribution in [-0.4, -0.2) is 18.9 Å². The first-order chi connectivity index (χ1) is 9.22. The van der Waals surface area contributed by atoms with Gasteiger partial charge in [-0.15, -0.1) is 0 Å². The van der Waals surface area contributed by atoms with Gasteiger partial charge in [0, 0.05) is 17.7 Å². The van der Waals surface area contributed by atoms with E-state index in [0.29, 0.717) is 11.3 Å². The lowest BCUT2D eigenvalue weighted by atomic mass is 10.1. The Kier molecular flexibility index (Phi) is 4.03. The maximum Gasteiger partial charge on any atom is 0.403 e. The minimum absolute atomic E-state index is 0.0537. The molecule has 4 heteroatoms. The summed E-state index contributed by atoms with van der Waals surface area (Å²) in [6, 6.07) is 14.1. The Bertz CT molecular complexity index is 593. The predicted octanol–water partition coefficient (Wildman–Crippen LogP) is 1.64. The van der Waals surface area contributed by atoms with Crippen molar-refractivity contribution in [3.05, 3.63) is 66.0 Å². The van der Waals surface area contributed by atoms with E-state index in [1.807, 2.05) is 18.2 Å². The fourth-order valence-electron chi connectivity index (χ4n) is 1.77. The summed E-state index contributed by atoms with van der Waals surface area (Å²) < 4.78 is 6.28. The zero-order valence-electron chi connectivity index (χ0n) is 10.6. The molecule has 0 aliphatic heterocycles. The average Bonchev–Trinajstić information content (AvgIpc) is 2.48. The van der Waals surface area contributed by atoms with Gasteiger partial charge in [-0.05, 0) is 6.07 Å². The second kappa shape index (κ2) is 5.91. The number of esters is 1. The van der Waals surface area contributed by atoms with Gasteiger partial charge in [0.25, 0.3) is 5.69 Å². The summed E-state index contributed by atoms with van der Waals surface area (Å²) in [5.41, 5.74) is 0.976. The number of carbonyl (C=O) groups excluding carboxylic acids is 2. The lowest BCUT2D eigenvalue weighted by Crippen LogP contribution is -2.43. The van der Waals surface area contributed by atoms with E-state index in [0.717, 1.165) is 0 Å². The molecule has 0 atom stereocenters. The molecule has 0 aliphatic rings. The molecule has 4 nitrogen and oxygen atoms in total. The van der Waals surface area contributed by atoms with Gasteiger partial charge in [-0.1, -0.05) is 30.3 Å². The Labute approximate surface area is 111 Å². The number of pyridine rings is 1. The first-order valence-electron chi connectivity index (χ1n) is 5.87. The van der Waals surface area contributed by atoms with Gasteiger partial charge in [0.15, 0.2) is 6.20 Å². The second-order valence-electron chi connectivity index (χ2n) is 3.99. The van der Waals surface area contributed by atoms with Crippen LogP contribution in [0, 0.1) is 0 Å². The highest BCUT2D eigenvalue weighted by Crippen LogP contribution is 2.01. The molecule has 0 unspecified atom stereocenters. The third-order valence-electron chi connectivity index (χ3n) is 2.74. The zero-order chi connectivity index (χ0) is 13.7. The standard InChI is InChI=1S/C15H14NO3/c1-19-15(18)13-9-5-6-10-16(13)11-14(17)12-7-3-2-4-8-12/h2-10H,11H2,1H3/q+1. The molecule has 2 aromatic rings. The highest BCUT2D eigenvalue weighted by Gasteiger charge is 2.21. The number of carbonyl (C=O) groups is 2. The van der Waals surface area contributed by atoms with Crippen molar-refractivity contribution in [1.82, 2.24) is 0 Å². The van der Waals surface area contributed by atoms with Crippen LogP contribution in [0.3, 0.4) is 0 Å². The van der Waals surface area contributed by atoms with Crippen LogP contribution in [-0.2, 0) is 11.3 Å². The number of ether oxygens (including phenoxy) is 1. The van der Waals surface area contributed by atoms with E-state index in [4.69, 9.17) is 4.74 Å². The summed E-state index contributed by atoms with van der Waals surface area (Å²) in [4.78, 5) is 23.7. The van der Waals surface area contributed by atoms with Crippen LogP contribution in [0.4, 0.5) is 0 Å². The quantitative estimate of drug-likeness (QED) is 0.474. The summed E-state index contributed by atoms with van der Waals surface area (Å²) in [6.07, 6.45) is 1.69. The first-order valence-corrected chi connectivity index (χ1v) is 5.87. The molecule has 0 amide bonds. The topological polar surface area (TPSA) is 47.2 Å². The fraction of sp³-hybridized carbons (Fsp3) is 0.133. The minimum Gasteiger partial charge on any atom is -0.461 e. The van der Waals surface area contributed by atoms with Gasteiger partial charge in [0.2, 0.25) is 12.3 Å². The summed E-state index contributed by atoms with van der Waals surface area (Å²) in [6.45, 7) is 0.106. The van der Waals surface area contributed by atoms with Crippen molar-refractivity contribution >= 4 is 11.8 Å². The highest BCUT2D eigenvalue weighted by atomic mass is 16.5. The summed E-state index contributed by atoms with van der Waals surface area (Å²) in [7, 11) is 1.32. The molecule has 0 radical (unpaired) electrons. The molecule has 0 fully saturated rings. The van der Waals surface area contributed by atoms with E-state index in [9.17, 15) is 9.59 Å². The highest BCUT2D eigenvalue weighted by molar-refractivity contribution is 5.95. The summed E-state index contributed by atoms with van der Waals surface area (Å²) in [5, 5.41) is 0. The molecule has 0 saturated carbocycles. The molecule has 0 aliphatic carbocycles. The maximum absolute atomic E-state index is 12.1. The molecule has 2 rings (SSSR count). The third kappa shape index (κ3) is 3.04. The Balaban J connectivity index is 2.25. The van der Waals surface area contributed by atoms with Gasteiger partial charge >= 0.3 is 5.97 Å². The number of hydrogen-bond donors (Lipinski definition) is 0.